The summed E-state index contributed by atoms with van der Waals surface area (Å²) in [6.45, 7) is 0. The second-order valence-corrected chi connectivity index (χ2v) is 26.0. The Morgan fingerprint density at radius 2 is 0.433 bits per heavy atom. The predicted octanol–water partition coefficient (Wildman–Crippen LogP) is 23.8. The fraction of sp³-hybridized carbons (Fsp3) is 0. The van der Waals surface area contributed by atoms with Gasteiger partial charge >= 0.3 is 0 Å². The minimum Gasteiger partial charge on any atom is -0.309 e. The third-order valence-electron chi connectivity index (χ3n) is 19.2. The highest BCUT2D eigenvalue weighted by Crippen LogP contribution is 2.46. The number of benzene rings is 14. The number of thiophene rings is 2. The summed E-state index contributed by atoms with van der Waals surface area (Å²) in [6.07, 6.45) is 0. The molecule has 0 fully saturated rings. The number of aromatic nitrogens is 4. The molecule has 418 valence electrons. The molecule has 20 aromatic rings. The van der Waals surface area contributed by atoms with Crippen molar-refractivity contribution in [3.8, 4) is 56.1 Å². The van der Waals surface area contributed by atoms with Crippen LogP contribution in [0, 0.1) is 0 Å². The maximum absolute atomic E-state index is 2.47. The Labute approximate surface area is 524 Å². The van der Waals surface area contributed by atoms with Crippen LogP contribution in [0.3, 0.4) is 0 Å². The van der Waals surface area contributed by atoms with Crippen LogP contribution in [0.1, 0.15) is 0 Å². The van der Waals surface area contributed by atoms with E-state index in [1.165, 1.54) is 150 Å². The topological polar surface area (TPSA) is 19.7 Å². The van der Waals surface area contributed by atoms with Crippen molar-refractivity contribution >= 4 is 150 Å². The number of rotatable bonds is 7. The summed E-state index contributed by atoms with van der Waals surface area (Å²) in [5.41, 5.74) is 21.3. The first-order valence-corrected chi connectivity index (χ1v) is 32.4. The van der Waals surface area contributed by atoms with Gasteiger partial charge in [-0.15, -0.1) is 22.7 Å². The van der Waals surface area contributed by atoms with E-state index >= 15 is 0 Å². The third kappa shape index (κ3) is 7.23. The van der Waals surface area contributed by atoms with E-state index in [1.54, 1.807) is 0 Å². The Kier molecular flexibility index (Phi) is 10.6. The molecule has 20 rings (SSSR count). The van der Waals surface area contributed by atoms with E-state index in [0.717, 1.165) is 33.8 Å². The Morgan fingerprint density at radius 1 is 0.178 bits per heavy atom. The van der Waals surface area contributed by atoms with Crippen molar-refractivity contribution in [3.63, 3.8) is 0 Å². The minimum atomic E-state index is 1.12. The Bertz CT molecular complexity index is 5900. The predicted molar refractivity (Wildman–Crippen MR) is 386 cm³/mol. The highest BCUT2D eigenvalue weighted by atomic mass is 32.1. The monoisotopic (exact) mass is 1180 g/mol. The maximum Gasteiger partial charge on any atom is 0.0541 e. The first-order chi connectivity index (χ1) is 44.6. The van der Waals surface area contributed by atoms with Gasteiger partial charge < -0.3 is 18.3 Å². The van der Waals surface area contributed by atoms with Crippen molar-refractivity contribution in [1.82, 2.24) is 18.3 Å². The van der Waals surface area contributed by atoms with Crippen molar-refractivity contribution in [3.05, 3.63) is 303 Å². The number of para-hydroxylation sites is 4. The van der Waals surface area contributed by atoms with Gasteiger partial charge in [-0.25, -0.2) is 0 Å². The average molecular weight is 1180 g/mol. The van der Waals surface area contributed by atoms with E-state index in [4.69, 9.17) is 0 Å². The van der Waals surface area contributed by atoms with E-state index in [2.05, 4.69) is 322 Å². The molecule has 0 aliphatic heterocycles. The molecule has 4 nitrogen and oxygen atoms in total. The largest absolute Gasteiger partial charge is 0.309 e. The molecule has 0 radical (unpaired) electrons. The van der Waals surface area contributed by atoms with Gasteiger partial charge in [0.15, 0.2) is 0 Å². The van der Waals surface area contributed by atoms with Crippen LogP contribution in [0.2, 0.25) is 0 Å². The van der Waals surface area contributed by atoms with Crippen LogP contribution >= 0.6 is 22.7 Å². The van der Waals surface area contributed by atoms with Gasteiger partial charge in [-0.1, -0.05) is 170 Å². The van der Waals surface area contributed by atoms with Crippen LogP contribution in [0.25, 0.3) is 184 Å². The summed E-state index contributed by atoms with van der Waals surface area (Å²) in [4.78, 5) is 0. The van der Waals surface area contributed by atoms with Crippen LogP contribution in [-0.4, -0.2) is 18.3 Å². The molecule has 0 N–H and O–H groups in total. The molecule has 0 amide bonds. The second-order valence-electron chi connectivity index (χ2n) is 23.9. The quantitative estimate of drug-likeness (QED) is 0.152. The smallest absolute Gasteiger partial charge is 0.0541 e. The molecular formula is C84H50N4S2. The zero-order valence-electron chi connectivity index (χ0n) is 48.5. The van der Waals surface area contributed by atoms with Gasteiger partial charge in [0, 0.05) is 106 Å². The highest BCUT2D eigenvalue weighted by Gasteiger charge is 2.22. The molecule has 0 atom stereocenters. The van der Waals surface area contributed by atoms with Crippen LogP contribution < -0.4 is 0 Å². The first kappa shape index (κ1) is 49.8. The molecule has 0 unspecified atom stereocenters. The summed E-state index contributed by atoms with van der Waals surface area (Å²) >= 11 is 3.78. The fourth-order valence-corrected chi connectivity index (χ4v) is 17.6. The molecule has 6 aromatic heterocycles. The van der Waals surface area contributed by atoms with E-state index < -0.39 is 0 Å². The van der Waals surface area contributed by atoms with Gasteiger partial charge in [0.25, 0.3) is 0 Å². The van der Waals surface area contributed by atoms with Gasteiger partial charge in [0.1, 0.15) is 0 Å². The Balaban J connectivity index is 0.775. The average Bonchev–Trinajstić information content (AvgIpc) is 1.74. The number of fused-ring (bicyclic) bond motifs is 18. The van der Waals surface area contributed by atoms with Gasteiger partial charge in [-0.2, -0.15) is 0 Å². The minimum absolute atomic E-state index is 1.12. The number of hydrogen-bond acceptors (Lipinski definition) is 2. The summed E-state index contributed by atoms with van der Waals surface area (Å²) in [7, 11) is 0. The van der Waals surface area contributed by atoms with Crippen LogP contribution in [0.5, 0.6) is 0 Å². The summed E-state index contributed by atoms with van der Waals surface area (Å²) in [5, 5.41) is 15.1. The molecular weight excluding hydrogens is 1130 g/mol. The lowest BCUT2D eigenvalue weighted by atomic mass is 9.98. The molecule has 0 bridgehead atoms. The molecule has 14 aromatic carbocycles. The SMILES string of the molecule is c1ccc2c(c1)sc1c(-c3ccc4c(c3)c3cc(-c5ccc6c(c5)c5cc(-c7cccc8c7sc7ccccc78)ccc5n6-c5ccc(-n6c7ccccc7c7ccccc76)cc5)ccc3n4-c3ccc(-n4c5ccccc5c5ccccc54)cc3)cccc12. The summed E-state index contributed by atoms with van der Waals surface area (Å²) < 4.78 is 15.0. The van der Waals surface area contributed by atoms with Gasteiger partial charge in [-0.3, -0.25) is 0 Å². The lowest BCUT2D eigenvalue weighted by molar-refractivity contribution is 1.14. The number of hydrogen-bond donors (Lipinski definition) is 0. The van der Waals surface area contributed by atoms with Gasteiger partial charge in [-0.05, 0) is 167 Å². The molecule has 0 aliphatic carbocycles. The van der Waals surface area contributed by atoms with E-state index in [9.17, 15) is 0 Å². The molecule has 0 spiro atoms. The van der Waals surface area contributed by atoms with Gasteiger partial charge in [0.2, 0.25) is 0 Å². The van der Waals surface area contributed by atoms with Crippen molar-refractivity contribution in [2.45, 2.75) is 0 Å². The lowest BCUT2D eigenvalue weighted by Crippen LogP contribution is -1.97. The van der Waals surface area contributed by atoms with Crippen LogP contribution in [0.15, 0.2) is 303 Å². The highest BCUT2D eigenvalue weighted by molar-refractivity contribution is 7.26. The Morgan fingerprint density at radius 3 is 0.767 bits per heavy atom. The normalized spacial score (nSPS) is 12.2. The lowest BCUT2D eigenvalue weighted by Gasteiger charge is -2.12. The van der Waals surface area contributed by atoms with E-state index in [1.807, 2.05) is 22.7 Å². The van der Waals surface area contributed by atoms with Crippen molar-refractivity contribution in [2.24, 2.45) is 0 Å². The molecule has 90 heavy (non-hydrogen) atoms. The van der Waals surface area contributed by atoms with Crippen LogP contribution in [0.4, 0.5) is 0 Å². The molecule has 6 heterocycles. The second kappa shape index (κ2) is 19.1. The number of nitrogens with zero attached hydrogens (tertiary/aromatic N) is 4. The van der Waals surface area contributed by atoms with E-state index in [-0.39, 0.29) is 0 Å². The fourth-order valence-electron chi connectivity index (χ4n) is 15.1. The van der Waals surface area contributed by atoms with Crippen molar-refractivity contribution in [1.29, 1.82) is 0 Å². The third-order valence-corrected chi connectivity index (χ3v) is 21.6. The molecule has 0 saturated heterocycles. The van der Waals surface area contributed by atoms with Crippen molar-refractivity contribution in [2.75, 3.05) is 0 Å². The zero-order valence-corrected chi connectivity index (χ0v) is 50.1. The van der Waals surface area contributed by atoms with Gasteiger partial charge in [0.05, 0.1) is 44.1 Å². The first-order valence-electron chi connectivity index (χ1n) is 30.8. The Hall–Kier alpha value is -11.3. The summed E-state index contributed by atoms with van der Waals surface area (Å²) in [6, 6.07) is 113. The zero-order chi connectivity index (χ0) is 58.7. The van der Waals surface area contributed by atoms with E-state index in [0.29, 0.717) is 0 Å². The molecule has 0 saturated carbocycles. The maximum atomic E-state index is 2.47. The molecule has 6 heteroatoms. The standard InChI is InChI=1S/C84H50N4S2/c1-7-25-73-61(15-1)62-16-2-8-26-74(62)85(73)55-35-39-57(40-36-55)87-77-43-31-51(47-69(77)71-49-53(33-45-79(71)87)59-21-13-23-67-65-19-5-11-29-81(65)89-83(59)67)52-32-44-78-70(48-52)72-50-54(60-22-14-24-68-66-20-6-12-30-82(66)90-84(60)68)34-46-80(72)88(78)58-41-37-56(38-42-58)86-75-27-9-3-17-63(75)64-18-4-10-28-76(64)86/h1-50H. The summed E-state index contributed by atoms with van der Waals surface area (Å²) in [5.74, 6) is 0. The van der Waals surface area contributed by atoms with Crippen LogP contribution in [-0.2, 0) is 0 Å². The molecule has 0 aliphatic rings. The van der Waals surface area contributed by atoms with Crippen molar-refractivity contribution < 1.29 is 0 Å².